The Labute approximate surface area is 110 Å². The predicted molar refractivity (Wildman–Crippen MR) is 73.8 cm³/mol. The van der Waals surface area contributed by atoms with E-state index >= 15 is 0 Å². The highest BCUT2D eigenvalue weighted by molar-refractivity contribution is 5.75. The van der Waals surface area contributed by atoms with E-state index in [-0.39, 0.29) is 5.91 Å². The summed E-state index contributed by atoms with van der Waals surface area (Å²) in [5.74, 6) is 1.11. The van der Waals surface area contributed by atoms with Gasteiger partial charge in [0.05, 0.1) is 7.11 Å². The third-order valence-corrected chi connectivity index (χ3v) is 2.86. The number of nitrogens with one attached hydrogen (secondary N) is 1. The molecule has 1 aromatic carbocycles. The van der Waals surface area contributed by atoms with Crippen molar-refractivity contribution in [2.24, 2.45) is 0 Å². The van der Waals surface area contributed by atoms with Gasteiger partial charge in [0.15, 0.2) is 0 Å². The molecule has 0 aliphatic carbocycles. The summed E-state index contributed by atoms with van der Waals surface area (Å²) in [4.78, 5) is 11.2. The Bertz CT molecular complexity index is 363. The van der Waals surface area contributed by atoms with E-state index in [9.17, 15) is 4.79 Å². The van der Waals surface area contributed by atoms with Crippen LogP contribution in [0.1, 0.15) is 38.2 Å². The van der Waals surface area contributed by atoms with E-state index in [1.165, 1.54) is 5.56 Å². The van der Waals surface area contributed by atoms with Crippen molar-refractivity contribution in [1.82, 2.24) is 5.32 Å². The topological polar surface area (TPSA) is 38.3 Å². The van der Waals surface area contributed by atoms with Crippen LogP contribution in [0.15, 0.2) is 24.3 Å². The van der Waals surface area contributed by atoms with E-state index in [2.05, 4.69) is 11.4 Å². The third-order valence-electron chi connectivity index (χ3n) is 2.86. The Morgan fingerprint density at radius 3 is 2.78 bits per heavy atom. The van der Waals surface area contributed by atoms with Gasteiger partial charge in [-0.2, -0.15) is 0 Å². The largest absolute Gasteiger partial charge is 0.496 e. The monoisotopic (exact) mass is 249 g/mol. The predicted octanol–water partition coefficient (Wildman–Crippen LogP) is 2.93. The number of unbranched alkanes of at least 4 members (excludes halogenated alkanes) is 1. The average Bonchev–Trinajstić information content (AvgIpc) is 2.39. The molecule has 0 heterocycles. The molecule has 0 saturated carbocycles. The average molecular weight is 249 g/mol. The lowest BCUT2D eigenvalue weighted by Gasteiger charge is -2.08. The summed E-state index contributed by atoms with van der Waals surface area (Å²) in [6.45, 7) is 2.79. The standard InChI is InChI=1S/C15H23NO2/c1-3-8-15(17)16-12-7-6-10-13-9-4-5-11-14(13)18-2/h4-5,9,11H,3,6-8,10,12H2,1-2H3,(H,16,17). The Kier molecular flexibility index (Phi) is 6.92. The molecule has 3 heteroatoms. The zero-order valence-corrected chi connectivity index (χ0v) is 11.4. The number of methoxy groups -OCH3 is 1. The lowest BCUT2D eigenvalue weighted by Crippen LogP contribution is -2.23. The van der Waals surface area contributed by atoms with Gasteiger partial charge in [-0.25, -0.2) is 0 Å². The summed E-state index contributed by atoms with van der Waals surface area (Å²) in [7, 11) is 1.70. The highest BCUT2D eigenvalue weighted by Crippen LogP contribution is 2.19. The summed E-state index contributed by atoms with van der Waals surface area (Å²) in [6, 6.07) is 8.08. The van der Waals surface area contributed by atoms with Gasteiger partial charge in [0, 0.05) is 13.0 Å². The molecular weight excluding hydrogens is 226 g/mol. The van der Waals surface area contributed by atoms with Crippen LogP contribution in [0.2, 0.25) is 0 Å². The van der Waals surface area contributed by atoms with Crippen molar-refractivity contribution in [3.05, 3.63) is 29.8 Å². The van der Waals surface area contributed by atoms with E-state index in [1.807, 2.05) is 25.1 Å². The first-order chi connectivity index (χ1) is 8.77. The number of rotatable bonds is 8. The minimum absolute atomic E-state index is 0.162. The first-order valence-corrected chi connectivity index (χ1v) is 6.66. The van der Waals surface area contributed by atoms with Crippen molar-refractivity contribution in [3.8, 4) is 5.75 Å². The number of amides is 1. The molecule has 0 bridgehead atoms. The molecule has 0 radical (unpaired) electrons. The number of para-hydroxylation sites is 1. The molecule has 100 valence electrons. The quantitative estimate of drug-likeness (QED) is 0.719. The number of hydrogen-bond acceptors (Lipinski definition) is 2. The maximum Gasteiger partial charge on any atom is 0.219 e. The number of benzene rings is 1. The minimum atomic E-state index is 0.162. The van der Waals surface area contributed by atoms with Crippen LogP contribution in [0.4, 0.5) is 0 Å². The maximum absolute atomic E-state index is 11.2. The number of ether oxygens (including phenoxy) is 1. The van der Waals surface area contributed by atoms with E-state index in [1.54, 1.807) is 7.11 Å². The van der Waals surface area contributed by atoms with Gasteiger partial charge in [0.2, 0.25) is 5.91 Å². The summed E-state index contributed by atoms with van der Waals surface area (Å²) in [5.41, 5.74) is 1.24. The lowest BCUT2D eigenvalue weighted by atomic mass is 10.1. The first kappa shape index (κ1) is 14.6. The maximum atomic E-state index is 11.2. The summed E-state index contributed by atoms with van der Waals surface area (Å²) < 4.78 is 5.30. The molecule has 0 aliphatic heterocycles. The van der Waals surface area contributed by atoms with Gasteiger partial charge < -0.3 is 10.1 Å². The van der Waals surface area contributed by atoms with Gasteiger partial charge >= 0.3 is 0 Å². The van der Waals surface area contributed by atoms with Crippen LogP contribution in [0.25, 0.3) is 0 Å². The lowest BCUT2D eigenvalue weighted by molar-refractivity contribution is -0.121. The molecule has 0 aliphatic rings. The Morgan fingerprint density at radius 1 is 1.28 bits per heavy atom. The molecule has 1 N–H and O–H groups in total. The van der Waals surface area contributed by atoms with E-state index in [0.29, 0.717) is 6.42 Å². The van der Waals surface area contributed by atoms with Crippen molar-refractivity contribution in [2.75, 3.05) is 13.7 Å². The summed E-state index contributed by atoms with van der Waals surface area (Å²) in [6.07, 6.45) is 4.60. The van der Waals surface area contributed by atoms with Gasteiger partial charge in [-0.1, -0.05) is 25.1 Å². The van der Waals surface area contributed by atoms with Gasteiger partial charge in [-0.05, 0) is 37.3 Å². The van der Waals surface area contributed by atoms with Crippen molar-refractivity contribution in [2.45, 2.75) is 39.0 Å². The highest BCUT2D eigenvalue weighted by Gasteiger charge is 2.01. The smallest absolute Gasteiger partial charge is 0.219 e. The molecule has 0 aromatic heterocycles. The molecule has 0 saturated heterocycles. The highest BCUT2D eigenvalue weighted by atomic mass is 16.5. The minimum Gasteiger partial charge on any atom is -0.496 e. The Hall–Kier alpha value is -1.51. The fourth-order valence-electron chi connectivity index (χ4n) is 1.89. The van der Waals surface area contributed by atoms with Gasteiger partial charge in [0.1, 0.15) is 5.75 Å². The summed E-state index contributed by atoms with van der Waals surface area (Å²) >= 11 is 0. The Balaban J connectivity index is 2.19. The van der Waals surface area contributed by atoms with Crippen molar-refractivity contribution < 1.29 is 9.53 Å². The molecule has 1 rings (SSSR count). The fraction of sp³-hybridized carbons (Fsp3) is 0.533. The van der Waals surface area contributed by atoms with Crippen LogP contribution < -0.4 is 10.1 Å². The van der Waals surface area contributed by atoms with Crippen LogP contribution in [0, 0.1) is 0 Å². The number of aryl methyl sites for hydroxylation is 1. The second-order valence-corrected chi connectivity index (χ2v) is 4.37. The molecule has 18 heavy (non-hydrogen) atoms. The van der Waals surface area contributed by atoms with E-state index in [4.69, 9.17) is 4.74 Å². The van der Waals surface area contributed by atoms with Crippen LogP contribution in [-0.4, -0.2) is 19.6 Å². The zero-order valence-electron chi connectivity index (χ0n) is 11.4. The van der Waals surface area contributed by atoms with Gasteiger partial charge in [-0.3, -0.25) is 4.79 Å². The first-order valence-electron chi connectivity index (χ1n) is 6.66. The SMILES string of the molecule is CCCC(=O)NCCCCc1ccccc1OC. The molecule has 0 unspecified atom stereocenters. The van der Waals surface area contributed by atoms with Crippen molar-refractivity contribution >= 4 is 5.91 Å². The van der Waals surface area contributed by atoms with Crippen molar-refractivity contribution in [1.29, 1.82) is 0 Å². The van der Waals surface area contributed by atoms with Crippen LogP contribution in [0.3, 0.4) is 0 Å². The summed E-state index contributed by atoms with van der Waals surface area (Å²) in [5, 5.41) is 2.93. The second kappa shape index (κ2) is 8.56. The molecular formula is C15H23NO2. The van der Waals surface area contributed by atoms with E-state index < -0.39 is 0 Å². The third kappa shape index (κ3) is 5.21. The van der Waals surface area contributed by atoms with Gasteiger partial charge in [0.25, 0.3) is 0 Å². The molecule has 0 fully saturated rings. The number of carbonyl (C=O) groups excluding carboxylic acids is 1. The van der Waals surface area contributed by atoms with Crippen LogP contribution in [0.5, 0.6) is 5.75 Å². The normalized spacial score (nSPS) is 10.1. The number of hydrogen-bond donors (Lipinski definition) is 1. The fourth-order valence-corrected chi connectivity index (χ4v) is 1.89. The molecule has 1 aromatic rings. The second-order valence-electron chi connectivity index (χ2n) is 4.37. The molecule has 1 amide bonds. The molecule has 3 nitrogen and oxygen atoms in total. The van der Waals surface area contributed by atoms with Crippen LogP contribution in [-0.2, 0) is 11.2 Å². The molecule has 0 spiro atoms. The zero-order chi connectivity index (χ0) is 13.2. The Morgan fingerprint density at radius 2 is 2.06 bits per heavy atom. The van der Waals surface area contributed by atoms with Crippen molar-refractivity contribution in [3.63, 3.8) is 0 Å². The van der Waals surface area contributed by atoms with E-state index in [0.717, 1.165) is 38.0 Å². The molecule has 0 atom stereocenters. The van der Waals surface area contributed by atoms with Gasteiger partial charge in [-0.15, -0.1) is 0 Å². The van der Waals surface area contributed by atoms with Crippen LogP contribution >= 0.6 is 0 Å². The number of carbonyl (C=O) groups is 1.